The van der Waals surface area contributed by atoms with Gasteiger partial charge in [-0.1, -0.05) is 18.5 Å². The number of ether oxygens (including phenoxy) is 1. The molecule has 1 spiro atoms. The van der Waals surface area contributed by atoms with Crippen molar-refractivity contribution in [1.82, 2.24) is 15.0 Å². The van der Waals surface area contributed by atoms with Crippen LogP contribution in [0, 0.1) is 11.2 Å². The number of unbranched alkanes of at least 4 members (excludes halogenated alkanes) is 1. The highest BCUT2D eigenvalue weighted by molar-refractivity contribution is 5.76. The van der Waals surface area contributed by atoms with Crippen molar-refractivity contribution in [3.8, 4) is 11.4 Å². The summed E-state index contributed by atoms with van der Waals surface area (Å²) in [4.78, 5) is 19.2. The third kappa shape index (κ3) is 3.68. The van der Waals surface area contributed by atoms with Crippen molar-refractivity contribution in [2.75, 3.05) is 26.3 Å². The smallest absolute Gasteiger partial charge is 0.232 e. The van der Waals surface area contributed by atoms with Crippen LogP contribution in [0.4, 0.5) is 4.39 Å². The Morgan fingerprint density at radius 3 is 2.75 bits per heavy atom. The second kappa shape index (κ2) is 7.99. The molecule has 3 heterocycles. The maximum absolute atomic E-state index is 13.2. The van der Waals surface area contributed by atoms with Gasteiger partial charge in [0.15, 0.2) is 0 Å². The van der Waals surface area contributed by atoms with E-state index >= 15 is 0 Å². The lowest BCUT2D eigenvalue weighted by Gasteiger charge is -2.36. The molecule has 2 aromatic rings. The zero-order chi connectivity index (χ0) is 19.6. The van der Waals surface area contributed by atoms with Crippen LogP contribution in [-0.4, -0.2) is 47.3 Å². The van der Waals surface area contributed by atoms with E-state index in [1.54, 1.807) is 12.1 Å². The van der Waals surface area contributed by atoms with Crippen LogP contribution in [0.25, 0.3) is 11.4 Å². The van der Waals surface area contributed by atoms with Crippen LogP contribution >= 0.6 is 0 Å². The molecule has 1 aromatic carbocycles. The second-order valence-electron chi connectivity index (χ2n) is 7.87. The number of hydrogen-bond acceptors (Lipinski definition) is 5. The van der Waals surface area contributed by atoms with Crippen molar-refractivity contribution >= 4 is 5.91 Å². The first kappa shape index (κ1) is 19.1. The van der Waals surface area contributed by atoms with E-state index in [1.807, 2.05) is 4.90 Å². The summed E-state index contributed by atoms with van der Waals surface area (Å²) in [7, 11) is 0. The largest absolute Gasteiger partial charge is 0.381 e. The molecule has 7 heteroatoms. The second-order valence-corrected chi connectivity index (χ2v) is 7.87. The summed E-state index contributed by atoms with van der Waals surface area (Å²) in [6.45, 7) is 4.79. The molecule has 0 radical (unpaired) electrons. The molecule has 1 amide bonds. The number of rotatable bonds is 5. The van der Waals surface area contributed by atoms with E-state index in [9.17, 15) is 9.18 Å². The summed E-state index contributed by atoms with van der Waals surface area (Å²) < 4.78 is 24.4. The van der Waals surface area contributed by atoms with Gasteiger partial charge >= 0.3 is 0 Å². The van der Waals surface area contributed by atoms with E-state index in [-0.39, 0.29) is 23.1 Å². The normalized spacial score (nSPS) is 21.4. The Kier molecular flexibility index (Phi) is 5.44. The van der Waals surface area contributed by atoms with Crippen molar-refractivity contribution in [1.29, 1.82) is 0 Å². The van der Waals surface area contributed by atoms with Gasteiger partial charge in [-0.25, -0.2) is 4.39 Å². The Morgan fingerprint density at radius 1 is 1.29 bits per heavy atom. The average molecular weight is 387 g/mol. The van der Waals surface area contributed by atoms with E-state index in [4.69, 9.17) is 9.26 Å². The van der Waals surface area contributed by atoms with Gasteiger partial charge in [-0.2, -0.15) is 4.98 Å². The highest BCUT2D eigenvalue weighted by Gasteiger charge is 2.51. The molecule has 150 valence electrons. The number of likely N-dealkylation sites (tertiary alicyclic amines) is 1. The minimum absolute atomic E-state index is 0.00340. The minimum atomic E-state index is -0.300. The van der Waals surface area contributed by atoms with Crippen LogP contribution in [0.1, 0.15) is 50.8 Å². The molecule has 0 bridgehead atoms. The third-order valence-electron chi connectivity index (χ3n) is 6.08. The van der Waals surface area contributed by atoms with E-state index in [2.05, 4.69) is 17.1 Å². The number of carbonyl (C=O) groups is 1. The molecule has 4 rings (SSSR count). The number of aromatic nitrogens is 2. The molecule has 2 fully saturated rings. The Bertz CT molecular complexity index is 815. The fourth-order valence-electron chi connectivity index (χ4n) is 4.36. The van der Waals surface area contributed by atoms with Crippen LogP contribution in [0.5, 0.6) is 0 Å². The summed E-state index contributed by atoms with van der Waals surface area (Å²) in [5, 5.41) is 4.11. The zero-order valence-electron chi connectivity index (χ0n) is 16.2. The monoisotopic (exact) mass is 387 g/mol. The molecule has 2 aliphatic rings. The molecule has 1 aromatic heterocycles. The van der Waals surface area contributed by atoms with Crippen LogP contribution in [-0.2, 0) is 9.53 Å². The van der Waals surface area contributed by atoms with Gasteiger partial charge in [0, 0.05) is 43.7 Å². The first-order chi connectivity index (χ1) is 13.6. The van der Waals surface area contributed by atoms with Gasteiger partial charge in [0.25, 0.3) is 0 Å². The molecular weight excluding hydrogens is 361 g/mol. The van der Waals surface area contributed by atoms with Crippen LogP contribution < -0.4 is 0 Å². The van der Waals surface area contributed by atoms with Gasteiger partial charge in [-0.3, -0.25) is 4.79 Å². The number of carbonyl (C=O) groups excluding carboxylic acids is 1. The Morgan fingerprint density at radius 2 is 2.04 bits per heavy atom. The molecule has 0 saturated carbocycles. The molecule has 28 heavy (non-hydrogen) atoms. The number of amides is 1. The predicted molar refractivity (Wildman–Crippen MR) is 101 cm³/mol. The molecular formula is C21H26FN3O3. The third-order valence-corrected chi connectivity index (χ3v) is 6.08. The van der Waals surface area contributed by atoms with Crippen molar-refractivity contribution in [2.45, 2.75) is 44.9 Å². The lowest BCUT2D eigenvalue weighted by Crippen LogP contribution is -2.37. The molecule has 6 nitrogen and oxygen atoms in total. The Hall–Kier alpha value is -2.28. The average Bonchev–Trinajstić information content (AvgIpc) is 3.33. The number of halogens is 1. The van der Waals surface area contributed by atoms with E-state index in [0.717, 1.165) is 32.2 Å². The first-order valence-electron chi connectivity index (χ1n) is 10.1. The highest BCUT2D eigenvalue weighted by atomic mass is 19.1. The lowest BCUT2D eigenvalue weighted by atomic mass is 9.72. The highest BCUT2D eigenvalue weighted by Crippen LogP contribution is 2.49. The van der Waals surface area contributed by atoms with Gasteiger partial charge in [-0.05, 0) is 43.5 Å². The summed E-state index contributed by atoms with van der Waals surface area (Å²) >= 11 is 0. The zero-order valence-corrected chi connectivity index (χ0v) is 16.2. The maximum Gasteiger partial charge on any atom is 0.232 e. The van der Waals surface area contributed by atoms with E-state index in [1.165, 1.54) is 12.1 Å². The quantitative estimate of drug-likeness (QED) is 0.781. The molecule has 0 N–H and O–H groups in total. The lowest BCUT2D eigenvalue weighted by molar-refractivity contribution is -0.131. The summed E-state index contributed by atoms with van der Waals surface area (Å²) in [5.74, 6) is 0.919. The van der Waals surface area contributed by atoms with Gasteiger partial charge in [0.1, 0.15) is 5.82 Å². The van der Waals surface area contributed by atoms with E-state index in [0.29, 0.717) is 43.5 Å². The van der Waals surface area contributed by atoms with Crippen LogP contribution in [0.15, 0.2) is 28.8 Å². The topological polar surface area (TPSA) is 68.5 Å². The summed E-state index contributed by atoms with van der Waals surface area (Å²) in [6.07, 6.45) is 4.26. The van der Waals surface area contributed by atoms with Gasteiger partial charge in [0.2, 0.25) is 17.6 Å². The molecule has 2 aliphatic heterocycles. The fourth-order valence-corrected chi connectivity index (χ4v) is 4.36. The minimum Gasteiger partial charge on any atom is -0.381 e. The number of hydrogen-bond donors (Lipinski definition) is 0. The molecule has 1 atom stereocenters. The molecule has 2 saturated heterocycles. The van der Waals surface area contributed by atoms with Crippen molar-refractivity contribution in [2.24, 2.45) is 5.41 Å². The van der Waals surface area contributed by atoms with Crippen molar-refractivity contribution < 1.29 is 18.4 Å². The molecule has 0 aliphatic carbocycles. The number of nitrogens with zero attached hydrogens (tertiary/aromatic N) is 3. The fraction of sp³-hybridized carbons (Fsp3) is 0.571. The SMILES string of the molecule is CCCCC(=O)N1C[C@H](c2nc(-c3ccc(F)cc3)no2)C2(CCOCC2)C1. The van der Waals surface area contributed by atoms with Crippen LogP contribution in [0.2, 0.25) is 0 Å². The standard InChI is InChI=1S/C21H26FN3O3/c1-2-3-4-18(26)25-13-17(21(14-25)9-11-27-12-10-21)20-23-19(24-28-20)15-5-7-16(22)8-6-15/h5-8,17H,2-4,9-14H2,1H3/t17-/m1/s1. The van der Waals surface area contributed by atoms with Crippen molar-refractivity contribution in [3.05, 3.63) is 36.0 Å². The maximum atomic E-state index is 13.2. The Labute approximate surface area is 164 Å². The summed E-state index contributed by atoms with van der Waals surface area (Å²) in [5.41, 5.74) is 0.638. The van der Waals surface area contributed by atoms with Gasteiger partial charge < -0.3 is 14.2 Å². The summed E-state index contributed by atoms with van der Waals surface area (Å²) in [6, 6.07) is 6.05. The first-order valence-corrected chi connectivity index (χ1v) is 10.1. The molecule has 0 unspecified atom stereocenters. The Balaban J connectivity index is 1.59. The predicted octanol–water partition coefficient (Wildman–Crippen LogP) is 3.79. The van der Waals surface area contributed by atoms with Gasteiger partial charge in [-0.15, -0.1) is 0 Å². The van der Waals surface area contributed by atoms with Crippen molar-refractivity contribution in [3.63, 3.8) is 0 Å². The van der Waals surface area contributed by atoms with Gasteiger partial charge in [0.05, 0.1) is 5.92 Å². The number of benzene rings is 1. The van der Waals surface area contributed by atoms with E-state index < -0.39 is 0 Å². The van der Waals surface area contributed by atoms with Crippen LogP contribution in [0.3, 0.4) is 0 Å².